The van der Waals surface area contributed by atoms with Gasteiger partial charge >= 0.3 is 0 Å². The number of nitrogens with one attached hydrogen (secondary N) is 1. The lowest BCUT2D eigenvalue weighted by Crippen LogP contribution is -2.29. The van der Waals surface area contributed by atoms with Crippen molar-refractivity contribution < 1.29 is 4.74 Å². The standard InChI is InChI=1S/C17H28N2O/c1-15(2)20-17-8-6-16(7-9-17)5-3-12-19-13-4-10-18-11-14-19/h6-9,15,18H,3-5,10-14H2,1-2H3. The van der Waals surface area contributed by atoms with E-state index in [1.165, 1.54) is 44.6 Å². The Balaban J connectivity index is 1.70. The Morgan fingerprint density at radius 1 is 1.15 bits per heavy atom. The molecule has 20 heavy (non-hydrogen) atoms. The minimum absolute atomic E-state index is 0.248. The summed E-state index contributed by atoms with van der Waals surface area (Å²) < 4.78 is 5.67. The summed E-state index contributed by atoms with van der Waals surface area (Å²) in [4.78, 5) is 2.58. The zero-order chi connectivity index (χ0) is 14.2. The van der Waals surface area contributed by atoms with E-state index in [0.29, 0.717) is 0 Å². The van der Waals surface area contributed by atoms with Crippen LogP contribution in [0.5, 0.6) is 5.75 Å². The molecule has 0 saturated carbocycles. The second-order valence-electron chi connectivity index (χ2n) is 5.86. The number of ether oxygens (including phenoxy) is 1. The van der Waals surface area contributed by atoms with Crippen LogP contribution >= 0.6 is 0 Å². The maximum Gasteiger partial charge on any atom is 0.119 e. The number of hydrogen-bond donors (Lipinski definition) is 1. The van der Waals surface area contributed by atoms with Gasteiger partial charge in [0.25, 0.3) is 0 Å². The molecule has 0 atom stereocenters. The summed E-state index contributed by atoms with van der Waals surface area (Å²) >= 11 is 0. The molecule has 0 aromatic heterocycles. The van der Waals surface area contributed by atoms with Gasteiger partial charge in [-0.15, -0.1) is 0 Å². The second-order valence-corrected chi connectivity index (χ2v) is 5.86. The second kappa shape index (κ2) is 8.28. The fourth-order valence-corrected chi connectivity index (χ4v) is 2.64. The highest BCUT2D eigenvalue weighted by Crippen LogP contribution is 2.15. The average Bonchev–Trinajstić information content (AvgIpc) is 2.69. The minimum Gasteiger partial charge on any atom is -0.491 e. The van der Waals surface area contributed by atoms with Gasteiger partial charge in [0, 0.05) is 13.1 Å². The smallest absolute Gasteiger partial charge is 0.119 e. The summed E-state index contributed by atoms with van der Waals surface area (Å²) in [7, 11) is 0. The van der Waals surface area contributed by atoms with Gasteiger partial charge < -0.3 is 15.0 Å². The van der Waals surface area contributed by atoms with Gasteiger partial charge in [0.1, 0.15) is 5.75 Å². The van der Waals surface area contributed by atoms with Crippen LogP contribution in [0.2, 0.25) is 0 Å². The zero-order valence-electron chi connectivity index (χ0n) is 12.9. The van der Waals surface area contributed by atoms with Crippen LogP contribution in [0.4, 0.5) is 0 Å². The molecule has 1 aliphatic heterocycles. The van der Waals surface area contributed by atoms with E-state index in [1.54, 1.807) is 0 Å². The normalized spacial score (nSPS) is 17.1. The van der Waals surface area contributed by atoms with E-state index in [1.807, 2.05) is 0 Å². The van der Waals surface area contributed by atoms with Crippen molar-refractivity contribution in [3.63, 3.8) is 0 Å². The Morgan fingerprint density at radius 3 is 2.70 bits per heavy atom. The predicted molar refractivity (Wildman–Crippen MR) is 84.5 cm³/mol. The highest BCUT2D eigenvalue weighted by atomic mass is 16.5. The Kier molecular flexibility index (Phi) is 6.34. The van der Waals surface area contributed by atoms with E-state index in [4.69, 9.17) is 4.74 Å². The Bertz CT molecular complexity index is 367. The first-order valence-electron chi connectivity index (χ1n) is 7.93. The van der Waals surface area contributed by atoms with E-state index in [-0.39, 0.29) is 6.10 Å². The van der Waals surface area contributed by atoms with Crippen molar-refractivity contribution in [2.45, 2.75) is 39.2 Å². The summed E-state index contributed by atoms with van der Waals surface area (Å²) in [5.41, 5.74) is 1.41. The highest BCUT2D eigenvalue weighted by Gasteiger charge is 2.07. The number of aryl methyl sites for hydroxylation is 1. The van der Waals surface area contributed by atoms with Gasteiger partial charge in [0.15, 0.2) is 0 Å². The fourth-order valence-electron chi connectivity index (χ4n) is 2.64. The summed E-state index contributed by atoms with van der Waals surface area (Å²) in [5, 5.41) is 3.45. The summed E-state index contributed by atoms with van der Waals surface area (Å²) in [6.07, 6.45) is 3.93. The van der Waals surface area contributed by atoms with Gasteiger partial charge in [-0.05, 0) is 70.4 Å². The van der Waals surface area contributed by atoms with Crippen molar-refractivity contribution in [2.24, 2.45) is 0 Å². The molecule has 1 aromatic rings. The number of nitrogens with zero attached hydrogens (tertiary/aromatic N) is 1. The summed E-state index contributed by atoms with van der Waals surface area (Å²) in [5.74, 6) is 0.974. The molecule has 1 saturated heterocycles. The molecule has 3 heteroatoms. The Hall–Kier alpha value is -1.06. The average molecular weight is 276 g/mol. The first kappa shape index (κ1) is 15.3. The third kappa shape index (κ3) is 5.51. The third-order valence-electron chi connectivity index (χ3n) is 3.67. The van der Waals surface area contributed by atoms with E-state index < -0.39 is 0 Å². The minimum atomic E-state index is 0.248. The SMILES string of the molecule is CC(C)Oc1ccc(CCCN2CCCNCC2)cc1. The molecule has 3 nitrogen and oxygen atoms in total. The molecule has 1 fully saturated rings. The van der Waals surface area contributed by atoms with Crippen molar-refractivity contribution >= 4 is 0 Å². The molecular weight excluding hydrogens is 248 g/mol. The van der Waals surface area contributed by atoms with Gasteiger partial charge in [-0.2, -0.15) is 0 Å². The van der Waals surface area contributed by atoms with Crippen LogP contribution in [-0.4, -0.2) is 43.7 Å². The van der Waals surface area contributed by atoms with Crippen LogP contribution in [0.3, 0.4) is 0 Å². The topological polar surface area (TPSA) is 24.5 Å². The van der Waals surface area contributed by atoms with Crippen LogP contribution in [0.25, 0.3) is 0 Å². The quantitative estimate of drug-likeness (QED) is 0.864. The van der Waals surface area contributed by atoms with Crippen molar-refractivity contribution in [1.82, 2.24) is 10.2 Å². The number of hydrogen-bond acceptors (Lipinski definition) is 3. The lowest BCUT2D eigenvalue weighted by atomic mass is 10.1. The maximum absolute atomic E-state index is 5.67. The maximum atomic E-state index is 5.67. The van der Waals surface area contributed by atoms with Gasteiger partial charge in [-0.1, -0.05) is 12.1 Å². The monoisotopic (exact) mass is 276 g/mol. The van der Waals surface area contributed by atoms with Crippen molar-refractivity contribution in [3.05, 3.63) is 29.8 Å². The summed E-state index contributed by atoms with van der Waals surface area (Å²) in [6.45, 7) is 10.1. The molecule has 1 heterocycles. The molecule has 0 amide bonds. The van der Waals surface area contributed by atoms with E-state index in [2.05, 4.69) is 48.3 Å². The van der Waals surface area contributed by atoms with E-state index in [0.717, 1.165) is 18.7 Å². The molecule has 0 unspecified atom stereocenters. The Labute approximate surface area is 123 Å². The Morgan fingerprint density at radius 2 is 1.95 bits per heavy atom. The first-order chi connectivity index (χ1) is 9.74. The van der Waals surface area contributed by atoms with Crippen LogP contribution in [0.1, 0.15) is 32.3 Å². The van der Waals surface area contributed by atoms with Crippen molar-refractivity contribution in [2.75, 3.05) is 32.7 Å². The fraction of sp³-hybridized carbons (Fsp3) is 0.647. The van der Waals surface area contributed by atoms with Gasteiger partial charge in [-0.25, -0.2) is 0 Å². The molecule has 1 aliphatic rings. The number of benzene rings is 1. The molecule has 1 aromatic carbocycles. The van der Waals surface area contributed by atoms with E-state index >= 15 is 0 Å². The van der Waals surface area contributed by atoms with E-state index in [9.17, 15) is 0 Å². The van der Waals surface area contributed by atoms with Crippen LogP contribution in [-0.2, 0) is 6.42 Å². The molecule has 0 aliphatic carbocycles. The molecule has 112 valence electrons. The van der Waals surface area contributed by atoms with Crippen LogP contribution in [0.15, 0.2) is 24.3 Å². The molecule has 0 bridgehead atoms. The zero-order valence-corrected chi connectivity index (χ0v) is 12.9. The third-order valence-corrected chi connectivity index (χ3v) is 3.67. The van der Waals surface area contributed by atoms with Crippen LogP contribution in [0, 0.1) is 0 Å². The molecule has 1 N–H and O–H groups in total. The summed E-state index contributed by atoms with van der Waals surface area (Å²) in [6, 6.07) is 8.57. The number of rotatable bonds is 6. The molecule has 0 radical (unpaired) electrons. The van der Waals surface area contributed by atoms with Crippen molar-refractivity contribution in [3.8, 4) is 5.75 Å². The highest BCUT2D eigenvalue weighted by molar-refractivity contribution is 5.27. The largest absolute Gasteiger partial charge is 0.491 e. The molecule has 2 rings (SSSR count). The molecular formula is C17H28N2O. The lowest BCUT2D eigenvalue weighted by Gasteiger charge is -2.19. The first-order valence-corrected chi connectivity index (χ1v) is 7.93. The lowest BCUT2D eigenvalue weighted by molar-refractivity contribution is 0.242. The van der Waals surface area contributed by atoms with Crippen LogP contribution < -0.4 is 10.1 Å². The van der Waals surface area contributed by atoms with Crippen molar-refractivity contribution in [1.29, 1.82) is 0 Å². The van der Waals surface area contributed by atoms with Gasteiger partial charge in [-0.3, -0.25) is 0 Å². The molecule has 0 spiro atoms. The van der Waals surface area contributed by atoms with Gasteiger partial charge in [0.05, 0.1) is 6.10 Å². The van der Waals surface area contributed by atoms with Gasteiger partial charge in [0.2, 0.25) is 0 Å². The predicted octanol–water partition coefficient (Wildman–Crippen LogP) is 2.70.